The number of nitrogens with zero attached hydrogens (tertiary/aromatic N) is 2. The second-order valence-corrected chi connectivity index (χ2v) is 8.14. The first-order valence-electron chi connectivity index (χ1n) is 7.45. The quantitative estimate of drug-likeness (QED) is 0.803. The number of fused-ring (bicyclic) bond motifs is 2. The largest absolute Gasteiger partial charge is 0.465 e. The molecule has 4 rings (SSSR count). The van der Waals surface area contributed by atoms with E-state index in [1.165, 1.54) is 27.4 Å². The zero-order chi connectivity index (χ0) is 17.1. The number of hydrogen-bond donors (Lipinski definition) is 2. The van der Waals surface area contributed by atoms with Gasteiger partial charge in [-0.1, -0.05) is 0 Å². The molecule has 3 heterocycles. The molecule has 2 aromatic rings. The Bertz CT molecular complexity index is 964. The first-order chi connectivity index (χ1) is 11.3. The number of carboxylic acid groups (broad SMARTS) is 1. The molecular weight excluding hydrogens is 338 g/mol. The highest BCUT2D eigenvalue weighted by molar-refractivity contribution is 7.89. The molecule has 2 aliphatic rings. The molecule has 2 fully saturated rings. The number of H-pyrrole nitrogens is 1. The van der Waals surface area contributed by atoms with Crippen LogP contribution in [0.25, 0.3) is 11.1 Å². The van der Waals surface area contributed by atoms with E-state index in [4.69, 9.17) is 9.52 Å². The summed E-state index contributed by atoms with van der Waals surface area (Å²) in [4.78, 5) is 26.1. The number of oxazole rings is 1. The SMILES string of the molecule is O=C(O)N1CC2CN(S(=O)(=O)c3ccc4[nH]c(=O)oc4c3)CC2C1. The van der Waals surface area contributed by atoms with Crippen LogP contribution in [0.5, 0.6) is 0 Å². The Morgan fingerprint density at radius 2 is 1.88 bits per heavy atom. The van der Waals surface area contributed by atoms with Gasteiger partial charge in [0.2, 0.25) is 10.0 Å². The second kappa shape index (κ2) is 5.08. The van der Waals surface area contributed by atoms with Crippen LogP contribution in [-0.2, 0) is 10.0 Å². The van der Waals surface area contributed by atoms with E-state index in [-0.39, 0.29) is 22.3 Å². The first-order valence-corrected chi connectivity index (χ1v) is 8.89. The number of sulfonamides is 1. The fourth-order valence-electron chi connectivity index (χ4n) is 3.54. The van der Waals surface area contributed by atoms with E-state index in [1.807, 2.05) is 0 Å². The lowest BCUT2D eigenvalue weighted by Gasteiger charge is -2.19. The molecule has 9 nitrogen and oxygen atoms in total. The fraction of sp³-hybridized carbons (Fsp3) is 0.429. The highest BCUT2D eigenvalue weighted by Gasteiger charge is 2.45. The van der Waals surface area contributed by atoms with E-state index >= 15 is 0 Å². The van der Waals surface area contributed by atoms with Crippen molar-refractivity contribution < 1.29 is 22.7 Å². The molecular formula is C14H15N3O6S. The average Bonchev–Trinajstić information content (AvgIpc) is 3.16. The number of amides is 1. The van der Waals surface area contributed by atoms with Gasteiger partial charge in [-0.2, -0.15) is 4.31 Å². The van der Waals surface area contributed by atoms with Crippen LogP contribution in [0.3, 0.4) is 0 Å². The summed E-state index contributed by atoms with van der Waals surface area (Å²) in [6.07, 6.45) is -0.966. The van der Waals surface area contributed by atoms with Crippen molar-refractivity contribution in [1.29, 1.82) is 0 Å². The minimum Gasteiger partial charge on any atom is -0.465 e. The summed E-state index contributed by atoms with van der Waals surface area (Å²) in [5, 5.41) is 9.03. The van der Waals surface area contributed by atoms with Crippen molar-refractivity contribution in [2.75, 3.05) is 26.2 Å². The van der Waals surface area contributed by atoms with E-state index in [9.17, 15) is 18.0 Å². The van der Waals surface area contributed by atoms with Gasteiger partial charge in [-0.15, -0.1) is 0 Å². The lowest BCUT2D eigenvalue weighted by molar-refractivity contribution is 0.151. The maximum absolute atomic E-state index is 12.8. The summed E-state index contributed by atoms with van der Waals surface area (Å²) in [5.74, 6) is -0.599. The number of aromatic amines is 1. The molecule has 1 aromatic carbocycles. The minimum absolute atomic E-state index is 0.0183. The molecule has 0 bridgehead atoms. The Labute approximate surface area is 136 Å². The Morgan fingerprint density at radius 3 is 2.50 bits per heavy atom. The third-order valence-electron chi connectivity index (χ3n) is 4.75. The summed E-state index contributed by atoms with van der Waals surface area (Å²) < 4.78 is 31.9. The number of likely N-dealkylation sites (tertiary alicyclic amines) is 1. The number of aromatic nitrogens is 1. The highest BCUT2D eigenvalue weighted by atomic mass is 32.2. The molecule has 24 heavy (non-hydrogen) atoms. The van der Waals surface area contributed by atoms with Crippen LogP contribution in [-0.4, -0.2) is 60.0 Å². The van der Waals surface area contributed by atoms with Crippen molar-refractivity contribution in [3.63, 3.8) is 0 Å². The molecule has 2 aliphatic heterocycles. The predicted octanol–water partition coefficient (Wildman–Crippen LogP) is 0.351. The van der Waals surface area contributed by atoms with E-state index in [0.29, 0.717) is 31.7 Å². The molecule has 0 spiro atoms. The van der Waals surface area contributed by atoms with Crippen molar-refractivity contribution in [2.45, 2.75) is 4.90 Å². The number of nitrogens with one attached hydrogen (secondary N) is 1. The van der Waals surface area contributed by atoms with Gasteiger partial charge in [0.05, 0.1) is 10.4 Å². The van der Waals surface area contributed by atoms with Crippen LogP contribution in [0.2, 0.25) is 0 Å². The smallest absolute Gasteiger partial charge is 0.417 e. The average molecular weight is 353 g/mol. The van der Waals surface area contributed by atoms with Crippen LogP contribution >= 0.6 is 0 Å². The third kappa shape index (κ3) is 2.29. The van der Waals surface area contributed by atoms with Crippen LogP contribution in [0.15, 0.2) is 32.3 Å². The Kier molecular flexibility index (Phi) is 3.22. The highest BCUT2D eigenvalue weighted by Crippen LogP contribution is 2.34. The lowest BCUT2D eigenvalue weighted by Crippen LogP contribution is -2.35. The molecule has 0 saturated carbocycles. The summed E-state index contributed by atoms with van der Waals surface area (Å²) in [6.45, 7) is 1.31. The van der Waals surface area contributed by atoms with E-state index in [2.05, 4.69) is 4.98 Å². The molecule has 2 atom stereocenters. The predicted molar refractivity (Wildman–Crippen MR) is 82.2 cm³/mol. The Balaban J connectivity index is 1.59. The molecule has 2 saturated heterocycles. The normalized spacial score (nSPS) is 24.6. The molecule has 1 amide bonds. The van der Waals surface area contributed by atoms with Crippen molar-refractivity contribution in [3.05, 3.63) is 28.7 Å². The monoisotopic (exact) mass is 353 g/mol. The number of rotatable bonds is 2. The van der Waals surface area contributed by atoms with Gasteiger partial charge in [-0.3, -0.25) is 4.98 Å². The van der Waals surface area contributed by atoms with E-state index in [0.717, 1.165) is 0 Å². The molecule has 10 heteroatoms. The van der Waals surface area contributed by atoms with Gasteiger partial charge in [0, 0.05) is 32.2 Å². The van der Waals surface area contributed by atoms with Crippen molar-refractivity contribution in [2.24, 2.45) is 11.8 Å². The van der Waals surface area contributed by atoms with Gasteiger partial charge in [0.1, 0.15) is 0 Å². The zero-order valence-corrected chi connectivity index (χ0v) is 13.3. The number of benzene rings is 1. The van der Waals surface area contributed by atoms with Gasteiger partial charge in [-0.25, -0.2) is 18.0 Å². The van der Waals surface area contributed by atoms with Crippen LogP contribution in [0.4, 0.5) is 4.79 Å². The maximum atomic E-state index is 12.8. The summed E-state index contributed by atoms with van der Waals surface area (Å²) in [6, 6.07) is 4.26. The van der Waals surface area contributed by atoms with E-state index in [1.54, 1.807) is 0 Å². The molecule has 1 aromatic heterocycles. The zero-order valence-electron chi connectivity index (χ0n) is 12.5. The first kappa shape index (κ1) is 15.2. The standard InChI is InChI=1S/C14H15N3O6S/c18-13-15-11-2-1-10(3-12(11)23-13)24(21,22)17-6-8-4-16(14(19)20)5-9(8)7-17/h1-3,8-9H,4-7H2,(H,15,18)(H,19,20). The molecule has 128 valence electrons. The summed E-state index contributed by atoms with van der Waals surface area (Å²) >= 11 is 0. The second-order valence-electron chi connectivity index (χ2n) is 6.20. The number of carbonyl (C=O) groups is 1. The van der Waals surface area contributed by atoms with Crippen molar-refractivity contribution in [3.8, 4) is 0 Å². The summed E-state index contributed by atoms with van der Waals surface area (Å²) in [5.41, 5.74) is 0.631. The molecule has 2 unspecified atom stereocenters. The molecule has 0 aliphatic carbocycles. The van der Waals surface area contributed by atoms with Crippen LogP contribution in [0.1, 0.15) is 0 Å². The van der Waals surface area contributed by atoms with Crippen molar-refractivity contribution in [1.82, 2.24) is 14.2 Å². The van der Waals surface area contributed by atoms with Gasteiger partial charge in [0.15, 0.2) is 5.58 Å². The van der Waals surface area contributed by atoms with Gasteiger partial charge in [-0.05, 0) is 24.0 Å². The topological polar surface area (TPSA) is 124 Å². The Hall–Kier alpha value is -2.33. The van der Waals surface area contributed by atoms with E-state index < -0.39 is 21.9 Å². The summed E-state index contributed by atoms with van der Waals surface area (Å²) in [7, 11) is -3.71. The Morgan fingerprint density at radius 1 is 1.21 bits per heavy atom. The van der Waals surface area contributed by atoms with Gasteiger partial charge >= 0.3 is 11.8 Å². The molecule has 2 N–H and O–H groups in total. The third-order valence-corrected chi connectivity index (χ3v) is 6.58. The minimum atomic E-state index is -3.71. The van der Waals surface area contributed by atoms with Crippen LogP contribution in [0, 0.1) is 11.8 Å². The van der Waals surface area contributed by atoms with Crippen molar-refractivity contribution >= 4 is 27.2 Å². The van der Waals surface area contributed by atoms with Crippen LogP contribution < -0.4 is 5.76 Å². The van der Waals surface area contributed by atoms with Gasteiger partial charge < -0.3 is 14.4 Å². The molecule has 0 radical (unpaired) electrons. The van der Waals surface area contributed by atoms with Gasteiger partial charge in [0.25, 0.3) is 0 Å². The number of hydrogen-bond acceptors (Lipinski definition) is 5. The maximum Gasteiger partial charge on any atom is 0.417 e. The fourth-order valence-corrected chi connectivity index (χ4v) is 5.11. The lowest BCUT2D eigenvalue weighted by atomic mass is 10.0.